The summed E-state index contributed by atoms with van der Waals surface area (Å²) in [6.07, 6.45) is 6.22. The Bertz CT molecular complexity index is 446. The molecule has 3 unspecified atom stereocenters. The van der Waals surface area contributed by atoms with Crippen LogP contribution in [0.15, 0.2) is 18.2 Å². The van der Waals surface area contributed by atoms with Gasteiger partial charge < -0.3 is 4.74 Å². The fourth-order valence-corrected chi connectivity index (χ4v) is 3.75. The van der Waals surface area contributed by atoms with E-state index in [1.165, 1.54) is 36.8 Å². The standard InChI is InChI=1S/C16H24N2O/c1-2-11-6-7-13(10-11)15(18-17)14-5-3-4-12-8-9-19-16(12)14/h3-5,11,13,15,18H,2,6-10,17H2,1H3. The number of hydrogen-bond donors (Lipinski definition) is 2. The first kappa shape index (κ1) is 12.9. The molecule has 0 aromatic heterocycles. The van der Waals surface area contributed by atoms with Gasteiger partial charge >= 0.3 is 0 Å². The highest BCUT2D eigenvalue weighted by molar-refractivity contribution is 5.45. The minimum absolute atomic E-state index is 0.240. The molecule has 0 radical (unpaired) electrons. The third kappa shape index (κ3) is 2.37. The molecule has 2 aliphatic rings. The minimum Gasteiger partial charge on any atom is -0.493 e. The highest BCUT2D eigenvalue weighted by Crippen LogP contribution is 2.43. The van der Waals surface area contributed by atoms with Gasteiger partial charge in [-0.05, 0) is 30.2 Å². The lowest BCUT2D eigenvalue weighted by Crippen LogP contribution is -2.33. The molecule has 1 aromatic rings. The van der Waals surface area contributed by atoms with E-state index in [2.05, 4.69) is 30.5 Å². The predicted octanol–water partition coefficient (Wildman–Crippen LogP) is 2.95. The smallest absolute Gasteiger partial charge is 0.127 e. The lowest BCUT2D eigenvalue weighted by atomic mass is 9.89. The first-order chi connectivity index (χ1) is 9.33. The highest BCUT2D eigenvalue weighted by atomic mass is 16.5. The molecule has 1 aliphatic heterocycles. The number of para-hydroxylation sites is 1. The Morgan fingerprint density at radius 3 is 3.05 bits per heavy atom. The van der Waals surface area contributed by atoms with Crippen molar-refractivity contribution in [3.8, 4) is 5.75 Å². The van der Waals surface area contributed by atoms with Crippen LogP contribution in [0.25, 0.3) is 0 Å². The summed E-state index contributed by atoms with van der Waals surface area (Å²) in [5.74, 6) is 8.47. The van der Waals surface area contributed by atoms with E-state index in [0.29, 0.717) is 5.92 Å². The zero-order chi connectivity index (χ0) is 13.2. The molecule has 19 heavy (non-hydrogen) atoms. The van der Waals surface area contributed by atoms with Gasteiger partial charge in [0, 0.05) is 12.0 Å². The van der Waals surface area contributed by atoms with Crippen molar-refractivity contribution >= 4 is 0 Å². The molecule has 3 nitrogen and oxygen atoms in total. The highest BCUT2D eigenvalue weighted by Gasteiger charge is 2.33. The quantitative estimate of drug-likeness (QED) is 0.646. The first-order valence-electron chi connectivity index (χ1n) is 7.54. The van der Waals surface area contributed by atoms with E-state index in [1.807, 2.05) is 0 Å². The number of hydrazine groups is 1. The average Bonchev–Trinajstić information content (AvgIpc) is 3.08. The monoisotopic (exact) mass is 260 g/mol. The Hall–Kier alpha value is -1.06. The van der Waals surface area contributed by atoms with Gasteiger partial charge in [-0.3, -0.25) is 11.3 Å². The van der Waals surface area contributed by atoms with Gasteiger partial charge in [0.25, 0.3) is 0 Å². The largest absolute Gasteiger partial charge is 0.493 e. The summed E-state index contributed by atoms with van der Waals surface area (Å²) in [4.78, 5) is 0. The van der Waals surface area contributed by atoms with Gasteiger partial charge in [-0.1, -0.05) is 38.0 Å². The van der Waals surface area contributed by atoms with Crippen LogP contribution in [0.5, 0.6) is 5.75 Å². The van der Waals surface area contributed by atoms with Gasteiger partial charge in [-0.15, -0.1) is 0 Å². The Balaban J connectivity index is 1.85. The molecular formula is C16H24N2O. The third-order valence-corrected chi connectivity index (χ3v) is 4.89. The fourth-order valence-electron chi connectivity index (χ4n) is 3.75. The number of nitrogens with one attached hydrogen (secondary N) is 1. The van der Waals surface area contributed by atoms with E-state index in [-0.39, 0.29) is 6.04 Å². The van der Waals surface area contributed by atoms with Gasteiger partial charge in [0.05, 0.1) is 12.6 Å². The molecule has 3 N–H and O–H groups in total. The Labute approximate surface area is 115 Å². The topological polar surface area (TPSA) is 47.3 Å². The molecular weight excluding hydrogens is 236 g/mol. The predicted molar refractivity (Wildman–Crippen MR) is 76.8 cm³/mol. The number of ether oxygens (including phenoxy) is 1. The van der Waals surface area contributed by atoms with E-state index < -0.39 is 0 Å². The normalized spacial score (nSPS) is 27.1. The molecule has 1 aromatic carbocycles. The van der Waals surface area contributed by atoms with Crippen LogP contribution >= 0.6 is 0 Å². The summed E-state index contributed by atoms with van der Waals surface area (Å²) >= 11 is 0. The fraction of sp³-hybridized carbons (Fsp3) is 0.625. The second kappa shape index (κ2) is 5.51. The molecule has 3 heteroatoms. The number of fused-ring (bicyclic) bond motifs is 1. The molecule has 0 bridgehead atoms. The zero-order valence-corrected chi connectivity index (χ0v) is 11.7. The summed E-state index contributed by atoms with van der Waals surface area (Å²) in [7, 11) is 0. The van der Waals surface area contributed by atoms with Crippen molar-refractivity contribution in [1.29, 1.82) is 0 Å². The van der Waals surface area contributed by atoms with Crippen LogP contribution in [0.2, 0.25) is 0 Å². The van der Waals surface area contributed by atoms with Crippen LogP contribution in [-0.4, -0.2) is 6.61 Å². The van der Waals surface area contributed by atoms with Crippen LogP contribution < -0.4 is 16.0 Å². The molecule has 0 spiro atoms. The summed E-state index contributed by atoms with van der Waals surface area (Å²) < 4.78 is 5.83. The van der Waals surface area contributed by atoms with E-state index >= 15 is 0 Å². The van der Waals surface area contributed by atoms with E-state index in [4.69, 9.17) is 10.6 Å². The van der Waals surface area contributed by atoms with Crippen molar-refractivity contribution in [3.05, 3.63) is 29.3 Å². The second-order valence-corrected chi connectivity index (χ2v) is 5.93. The molecule has 0 amide bonds. The van der Waals surface area contributed by atoms with Crippen LogP contribution in [0.1, 0.15) is 49.8 Å². The molecule has 3 atom stereocenters. The van der Waals surface area contributed by atoms with E-state index in [9.17, 15) is 0 Å². The van der Waals surface area contributed by atoms with Gasteiger partial charge in [-0.2, -0.15) is 0 Å². The summed E-state index contributed by atoms with van der Waals surface area (Å²) in [6.45, 7) is 3.10. The number of rotatable bonds is 4. The van der Waals surface area contributed by atoms with Crippen molar-refractivity contribution in [2.75, 3.05) is 6.61 Å². The third-order valence-electron chi connectivity index (χ3n) is 4.89. The Kier molecular flexibility index (Phi) is 3.76. The summed E-state index contributed by atoms with van der Waals surface area (Å²) in [5.41, 5.74) is 5.65. The molecule has 0 saturated heterocycles. The molecule has 1 fully saturated rings. The number of hydrogen-bond acceptors (Lipinski definition) is 3. The Morgan fingerprint density at radius 2 is 2.32 bits per heavy atom. The van der Waals surface area contributed by atoms with Crippen LogP contribution in [0.4, 0.5) is 0 Å². The van der Waals surface area contributed by atoms with Crippen LogP contribution in [0.3, 0.4) is 0 Å². The maximum Gasteiger partial charge on any atom is 0.127 e. The second-order valence-electron chi connectivity index (χ2n) is 5.93. The SMILES string of the molecule is CCC1CCC(C(NN)c2cccc3c2OCC3)C1. The van der Waals surface area contributed by atoms with Crippen molar-refractivity contribution in [3.63, 3.8) is 0 Å². The minimum atomic E-state index is 0.240. The molecule has 1 saturated carbocycles. The van der Waals surface area contributed by atoms with Crippen LogP contribution in [-0.2, 0) is 6.42 Å². The van der Waals surface area contributed by atoms with Gasteiger partial charge in [0.1, 0.15) is 5.75 Å². The molecule has 1 aliphatic carbocycles. The van der Waals surface area contributed by atoms with E-state index in [1.54, 1.807) is 0 Å². The van der Waals surface area contributed by atoms with Crippen LogP contribution in [0, 0.1) is 11.8 Å². The van der Waals surface area contributed by atoms with Crippen molar-refractivity contribution < 1.29 is 4.74 Å². The summed E-state index contributed by atoms with van der Waals surface area (Å²) in [6, 6.07) is 6.72. The maximum absolute atomic E-state index is 5.86. The number of nitrogens with two attached hydrogens (primary N) is 1. The first-order valence-corrected chi connectivity index (χ1v) is 7.54. The summed E-state index contributed by atoms with van der Waals surface area (Å²) in [5, 5.41) is 0. The lowest BCUT2D eigenvalue weighted by Gasteiger charge is -2.25. The van der Waals surface area contributed by atoms with Gasteiger partial charge in [-0.25, -0.2) is 0 Å². The lowest BCUT2D eigenvalue weighted by molar-refractivity contribution is 0.323. The average molecular weight is 260 g/mol. The van der Waals surface area contributed by atoms with Gasteiger partial charge in [0.2, 0.25) is 0 Å². The maximum atomic E-state index is 5.86. The van der Waals surface area contributed by atoms with Crippen molar-refractivity contribution in [1.82, 2.24) is 5.43 Å². The molecule has 1 heterocycles. The number of benzene rings is 1. The van der Waals surface area contributed by atoms with Gasteiger partial charge in [0.15, 0.2) is 0 Å². The Morgan fingerprint density at radius 1 is 1.42 bits per heavy atom. The van der Waals surface area contributed by atoms with E-state index in [0.717, 1.165) is 24.7 Å². The molecule has 3 rings (SSSR count). The zero-order valence-electron chi connectivity index (χ0n) is 11.7. The molecule has 104 valence electrons. The van der Waals surface area contributed by atoms with Crippen molar-refractivity contribution in [2.24, 2.45) is 17.7 Å². The van der Waals surface area contributed by atoms with Crippen molar-refractivity contribution in [2.45, 2.75) is 45.1 Å².